The molecule has 0 amide bonds. The van der Waals surface area contributed by atoms with Crippen molar-refractivity contribution in [1.82, 2.24) is 0 Å². The van der Waals surface area contributed by atoms with Crippen LogP contribution >= 0.6 is 0 Å². The summed E-state index contributed by atoms with van der Waals surface area (Å²) in [6.45, 7) is 6.08. The zero-order valence-electron chi connectivity index (χ0n) is 11.7. The summed E-state index contributed by atoms with van der Waals surface area (Å²) in [5.41, 5.74) is 0.349. The van der Waals surface area contributed by atoms with Crippen molar-refractivity contribution in [2.75, 3.05) is 6.61 Å². The average molecular weight is 266 g/mol. The topological polar surface area (TPSA) is 66.8 Å². The molecular weight excluding hydrogens is 244 g/mol. The Kier molecular flexibility index (Phi) is 2.81. The maximum atomic E-state index is 12.2. The molecule has 6 atom stereocenters. The first-order valence-electron chi connectivity index (χ1n) is 7.11. The number of allylic oxidation sites excluding steroid dienone is 1. The van der Waals surface area contributed by atoms with Gasteiger partial charge in [-0.05, 0) is 23.8 Å². The van der Waals surface area contributed by atoms with Gasteiger partial charge >= 0.3 is 5.97 Å². The third-order valence-corrected chi connectivity index (χ3v) is 5.70. The van der Waals surface area contributed by atoms with E-state index in [1.54, 1.807) is 0 Å². The molecule has 3 aliphatic rings. The first-order chi connectivity index (χ1) is 8.92. The molecule has 0 spiro atoms. The second kappa shape index (κ2) is 4.06. The van der Waals surface area contributed by atoms with Crippen molar-refractivity contribution in [3.8, 4) is 0 Å². The molecular formula is C15H22O4. The minimum absolute atomic E-state index is 0.0516. The largest absolute Gasteiger partial charge is 0.459 e. The Labute approximate surface area is 113 Å². The molecule has 6 unspecified atom stereocenters. The molecule has 2 aliphatic carbocycles. The Hall–Kier alpha value is -0.870. The van der Waals surface area contributed by atoms with Crippen LogP contribution in [-0.4, -0.2) is 35.0 Å². The predicted molar refractivity (Wildman–Crippen MR) is 69.1 cm³/mol. The van der Waals surface area contributed by atoms with Crippen molar-refractivity contribution in [1.29, 1.82) is 0 Å². The summed E-state index contributed by atoms with van der Waals surface area (Å²) in [6.07, 6.45) is 1.61. The number of hydrogen-bond donors (Lipinski definition) is 2. The summed E-state index contributed by atoms with van der Waals surface area (Å²) in [5, 5.41) is 20.3. The van der Waals surface area contributed by atoms with Crippen LogP contribution in [0, 0.1) is 29.1 Å². The highest BCUT2D eigenvalue weighted by atomic mass is 16.6. The molecule has 0 aromatic heterocycles. The Bertz CT molecular complexity index is 441. The van der Waals surface area contributed by atoms with Crippen LogP contribution in [-0.2, 0) is 9.53 Å². The third-order valence-electron chi connectivity index (χ3n) is 5.70. The van der Waals surface area contributed by atoms with E-state index in [9.17, 15) is 15.0 Å². The molecule has 0 aromatic carbocycles. The van der Waals surface area contributed by atoms with Gasteiger partial charge in [0.05, 0.1) is 12.5 Å². The van der Waals surface area contributed by atoms with Gasteiger partial charge in [-0.15, -0.1) is 0 Å². The maximum absolute atomic E-state index is 12.2. The number of aliphatic hydroxyl groups excluding tert-OH is 2. The van der Waals surface area contributed by atoms with Crippen LogP contribution in [0.4, 0.5) is 0 Å². The fraction of sp³-hybridized carbons (Fsp3) is 0.800. The Morgan fingerprint density at radius 2 is 2.21 bits per heavy atom. The molecule has 2 N–H and O–H groups in total. The van der Waals surface area contributed by atoms with Crippen molar-refractivity contribution >= 4 is 5.97 Å². The number of rotatable bonds is 2. The summed E-state index contributed by atoms with van der Waals surface area (Å²) in [5.74, 6) is 0.150. The molecule has 2 bridgehead atoms. The lowest BCUT2D eigenvalue weighted by Crippen LogP contribution is -2.55. The number of carbonyl (C=O) groups excluding carboxylic acids is 1. The van der Waals surface area contributed by atoms with Gasteiger partial charge < -0.3 is 14.9 Å². The number of fused-ring (bicyclic) bond motifs is 4. The number of esters is 1. The molecule has 1 heterocycles. The minimum atomic E-state index is -0.714. The first-order valence-corrected chi connectivity index (χ1v) is 7.11. The van der Waals surface area contributed by atoms with Crippen LogP contribution in [0.15, 0.2) is 11.6 Å². The van der Waals surface area contributed by atoms with E-state index in [1.165, 1.54) is 0 Å². The molecule has 3 rings (SSSR count). The van der Waals surface area contributed by atoms with E-state index >= 15 is 0 Å². The summed E-state index contributed by atoms with van der Waals surface area (Å²) in [7, 11) is 0. The normalized spacial score (nSPS) is 48.2. The molecule has 1 saturated carbocycles. The SMILES string of the molecule is CC(C)C1C2OC(=O)C1C1CC=C(CO)C1(C)C2O. The average Bonchev–Trinajstić information content (AvgIpc) is 2.84. The number of hydrogen-bond acceptors (Lipinski definition) is 4. The summed E-state index contributed by atoms with van der Waals surface area (Å²) < 4.78 is 5.47. The molecule has 0 radical (unpaired) electrons. The van der Waals surface area contributed by atoms with Crippen LogP contribution < -0.4 is 0 Å². The molecule has 4 nitrogen and oxygen atoms in total. The van der Waals surface area contributed by atoms with Crippen molar-refractivity contribution in [3.05, 3.63) is 11.6 Å². The van der Waals surface area contributed by atoms with Crippen LogP contribution in [0.5, 0.6) is 0 Å². The van der Waals surface area contributed by atoms with E-state index in [0.717, 1.165) is 12.0 Å². The maximum Gasteiger partial charge on any atom is 0.310 e. The lowest BCUT2D eigenvalue weighted by atomic mass is 9.55. The van der Waals surface area contributed by atoms with Gasteiger partial charge in [0.15, 0.2) is 0 Å². The highest BCUT2D eigenvalue weighted by molar-refractivity contribution is 5.77. The molecule has 19 heavy (non-hydrogen) atoms. The molecule has 1 saturated heterocycles. The van der Waals surface area contributed by atoms with Crippen molar-refractivity contribution < 1.29 is 19.7 Å². The zero-order chi connectivity index (χ0) is 13.9. The number of ether oxygens (including phenoxy) is 1. The third kappa shape index (κ3) is 1.44. The van der Waals surface area contributed by atoms with Crippen molar-refractivity contribution in [3.63, 3.8) is 0 Å². The quantitative estimate of drug-likeness (QED) is 0.580. The summed E-state index contributed by atoms with van der Waals surface area (Å²) >= 11 is 0. The summed E-state index contributed by atoms with van der Waals surface area (Å²) in [4.78, 5) is 12.2. The highest BCUT2D eigenvalue weighted by Crippen LogP contribution is 2.60. The Morgan fingerprint density at radius 3 is 2.79 bits per heavy atom. The number of aliphatic hydroxyl groups is 2. The molecule has 0 aromatic rings. The van der Waals surface area contributed by atoms with Crippen LogP contribution in [0.3, 0.4) is 0 Å². The summed E-state index contributed by atoms with van der Waals surface area (Å²) in [6, 6.07) is 0. The number of carbonyl (C=O) groups is 1. The van der Waals surface area contributed by atoms with Gasteiger partial charge in [0.25, 0.3) is 0 Å². The van der Waals surface area contributed by atoms with Crippen LogP contribution in [0.2, 0.25) is 0 Å². The van der Waals surface area contributed by atoms with E-state index in [4.69, 9.17) is 4.74 Å². The van der Waals surface area contributed by atoms with Gasteiger partial charge in [-0.2, -0.15) is 0 Å². The first kappa shape index (κ1) is 13.1. The van der Waals surface area contributed by atoms with Gasteiger partial charge in [0.1, 0.15) is 12.2 Å². The Balaban J connectivity index is 2.06. The van der Waals surface area contributed by atoms with E-state index < -0.39 is 17.6 Å². The Morgan fingerprint density at radius 1 is 1.53 bits per heavy atom. The highest BCUT2D eigenvalue weighted by Gasteiger charge is 2.66. The molecule has 4 heteroatoms. The second-order valence-electron chi connectivity index (χ2n) is 6.71. The van der Waals surface area contributed by atoms with Gasteiger partial charge in [0, 0.05) is 11.3 Å². The lowest BCUT2D eigenvalue weighted by Gasteiger charge is -2.48. The van der Waals surface area contributed by atoms with Crippen LogP contribution in [0.25, 0.3) is 0 Å². The minimum Gasteiger partial charge on any atom is -0.459 e. The zero-order valence-corrected chi connectivity index (χ0v) is 11.7. The smallest absolute Gasteiger partial charge is 0.310 e. The predicted octanol–water partition coefficient (Wildman–Crippen LogP) is 1.12. The fourth-order valence-corrected chi connectivity index (χ4v) is 4.63. The molecule has 2 fully saturated rings. The van der Waals surface area contributed by atoms with Gasteiger partial charge in [-0.1, -0.05) is 26.8 Å². The monoisotopic (exact) mass is 266 g/mol. The van der Waals surface area contributed by atoms with E-state index in [1.807, 2.05) is 13.0 Å². The van der Waals surface area contributed by atoms with E-state index in [0.29, 0.717) is 5.92 Å². The van der Waals surface area contributed by atoms with Gasteiger partial charge in [-0.25, -0.2) is 0 Å². The van der Waals surface area contributed by atoms with Crippen LogP contribution in [0.1, 0.15) is 27.2 Å². The van der Waals surface area contributed by atoms with Gasteiger partial charge in [0.2, 0.25) is 0 Å². The van der Waals surface area contributed by atoms with Crippen molar-refractivity contribution in [2.45, 2.75) is 39.4 Å². The van der Waals surface area contributed by atoms with Gasteiger partial charge in [-0.3, -0.25) is 4.79 Å². The lowest BCUT2D eigenvalue weighted by molar-refractivity contribution is -0.147. The van der Waals surface area contributed by atoms with E-state index in [-0.39, 0.29) is 30.3 Å². The van der Waals surface area contributed by atoms with E-state index in [2.05, 4.69) is 13.8 Å². The second-order valence-corrected chi connectivity index (χ2v) is 6.71. The van der Waals surface area contributed by atoms with Crippen molar-refractivity contribution in [2.24, 2.45) is 29.1 Å². The molecule has 1 aliphatic heterocycles. The molecule has 106 valence electrons. The standard InChI is InChI=1S/C15H22O4/c1-7(2)10-11-9-5-4-8(6-16)15(9,3)13(17)12(10)19-14(11)18/h4,7,9-13,16-17H,5-6H2,1-3H3. The fourth-order valence-electron chi connectivity index (χ4n) is 4.63.